The van der Waals surface area contributed by atoms with Gasteiger partial charge in [-0.25, -0.2) is 4.98 Å². The van der Waals surface area contributed by atoms with Gasteiger partial charge < -0.3 is 10.1 Å². The van der Waals surface area contributed by atoms with Crippen LogP contribution in [0.2, 0.25) is 0 Å². The van der Waals surface area contributed by atoms with Crippen molar-refractivity contribution in [2.45, 2.75) is 57.5 Å². The number of hydrogen-bond acceptors (Lipinski definition) is 3. The minimum Gasteiger partial charge on any atom is -0.480 e. The monoisotopic (exact) mass is 279 g/mol. The van der Waals surface area contributed by atoms with Gasteiger partial charge in [0.05, 0.1) is 6.33 Å². The number of carbonyl (C=O) groups is 1. The topological polar surface area (TPSA) is 69.2 Å². The summed E-state index contributed by atoms with van der Waals surface area (Å²) in [6, 6.07) is -0.188. The van der Waals surface area contributed by atoms with Crippen LogP contribution < -0.4 is 0 Å². The van der Waals surface area contributed by atoms with Gasteiger partial charge >= 0.3 is 5.97 Å². The molecule has 20 heavy (non-hydrogen) atoms. The molecule has 1 aliphatic rings. The maximum atomic E-state index is 11.6. The van der Waals surface area contributed by atoms with Crippen LogP contribution in [-0.4, -0.2) is 45.1 Å². The van der Waals surface area contributed by atoms with Gasteiger partial charge in [-0.2, -0.15) is 0 Å². The highest BCUT2D eigenvalue weighted by Crippen LogP contribution is 2.29. The summed E-state index contributed by atoms with van der Waals surface area (Å²) < 4.78 is 0. The van der Waals surface area contributed by atoms with E-state index in [2.05, 4.69) is 16.9 Å². The molecule has 0 saturated heterocycles. The number of likely N-dealkylation sites (N-methyl/N-ethyl adjacent to an activating group) is 1. The molecule has 0 aliphatic heterocycles. The summed E-state index contributed by atoms with van der Waals surface area (Å²) in [5.74, 6) is -0.137. The van der Waals surface area contributed by atoms with Crippen molar-refractivity contribution in [2.75, 3.05) is 7.05 Å². The van der Waals surface area contributed by atoms with Crippen molar-refractivity contribution in [3.05, 3.63) is 18.2 Å². The number of H-pyrrole nitrogens is 1. The molecule has 1 aliphatic carbocycles. The van der Waals surface area contributed by atoms with E-state index >= 15 is 0 Å². The van der Waals surface area contributed by atoms with Crippen molar-refractivity contribution in [3.8, 4) is 0 Å². The van der Waals surface area contributed by atoms with E-state index in [0.29, 0.717) is 18.4 Å². The first-order valence-corrected chi connectivity index (χ1v) is 7.51. The maximum absolute atomic E-state index is 11.6. The van der Waals surface area contributed by atoms with E-state index in [9.17, 15) is 9.90 Å². The predicted molar refractivity (Wildman–Crippen MR) is 77.5 cm³/mol. The minimum absolute atomic E-state index is 0.305. The fourth-order valence-electron chi connectivity index (χ4n) is 3.24. The zero-order chi connectivity index (χ0) is 14.5. The fraction of sp³-hybridized carbons (Fsp3) is 0.733. The smallest absolute Gasteiger partial charge is 0.321 e. The van der Waals surface area contributed by atoms with Crippen LogP contribution >= 0.6 is 0 Å². The summed E-state index contributed by atoms with van der Waals surface area (Å²) in [5.41, 5.74) is 0.875. The molecule has 0 radical (unpaired) electrons. The molecule has 1 heterocycles. The van der Waals surface area contributed by atoms with Gasteiger partial charge in [0.1, 0.15) is 6.04 Å². The highest BCUT2D eigenvalue weighted by molar-refractivity contribution is 5.73. The lowest BCUT2D eigenvalue weighted by Crippen LogP contribution is -2.48. The number of hydrogen-bond donors (Lipinski definition) is 2. The molecular formula is C15H25N3O2. The Bertz CT molecular complexity index is 413. The molecule has 0 bridgehead atoms. The third-order valence-corrected chi connectivity index (χ3v) is 4.72. The van der Waals surface area contributed by atoms with Gasteiger partial charge in [-0.05, 0) is 32.7 Å². The second-order valence-electron chi connectivity index (χ2n) is 5.94. The Morgan fingerprint density at radius 1 is 1.50 bits per heavy atom. The second-order valence-corrected chi connectivity index (χ2v) is 5.94. The van der Waals surface area contributed by atoms with Gasteiger partial charge in [0.25, 0.3) is 0 Å². The highest BCUT2D eigenvalue weighted by atomic mass is 16.4. The first-order chi connectivity index (χ1) is 9.59. The molecule has 0 aromatic carbocycles. The summed E-state index contributed by atoms with van der Waals surface area (Å²) in [6.07, 6.45) is 10.1. The zero-order valence-corrected chi connectivity index (χ0v) is 12.4. The molecule has 2 rings (SSSR count). The number of rotatable bonds is 6. The normalized spacial score (nSPS) is 19.9. The van der Waals surface area contributed by atoms with Crippen LogP contribution in [0.25, 0.3) is 0 Å². The number of imidazole rings is 1. The summed E-state index contributed by atoms with van der Waals surface area (Å²) >= 11 is 0. The number of aromatic amines is 1. The van der Waals surface area contributed by atoms with Crippen molar-refractivity contribution < 1.29 is 9.90 Å². The number of nitrogens with one attached hydrogen (secondary N) is 1. The lowest BCUT2D eigenvalue weighted by atomic mass is 9.83. The van der Waals surface area contributed by atoms with Gasteiger partial charge in [0.15, 0.2) is 0 Å². The van der Waals surface area contributed by atoms with E-state index in [4.69, 9.17) is 0 Å². The standard InChI is InChI=1S/C15H25N3O2/c1-11(12-6-4-3-5-7-12)18(2)14(15(19)20)8-13-9-16-10-17-13/h9-12,14H,3-8H2,1-2H3,(H,16,17)(H,19,20)/t11?,14-/m0/s1. The van der Waals surface area contributed by atoms with Crippen LogP contribution in [0.15, 0.2) is 12.5 Å². The minimum atomic E-state index is -0.759. The Kier molecular flexibility index (Phi) is 5.17. The first-order valence-electron chi connectivity index (χ1n) is 7.51. The molecule has 0 spiro atoms. The van der Waals surface area contributed by atoms with Crippen LogP contribution in [0.1, 0.15) is 44.7 Å². The summed E-state index contributed by atoms with van der Waals surface area (Å²) in [7, 11) is 1.94. The van der Waals surface area contributed by atoms with E-state index in [1.54, 1.807) is 12.5 Å². The lowest BCUT2D eigenvalue weighted by molar-refractivity contribution is -0.144. The molecular weight excluding hydrogens is 254 g/mol. The van der Waals surface area contributed by atoms with Gasteiger partial charge in [-0.15, -0.1) is 0 Å². The number of aliphatic carboxylic acids is 1. The third kappa shape index (κ3) is 3.60. The average molecular weight is 279 g/mol. The summed E-state index contributed by atoms with van der Waals surface area (Å²) in [4.78, 5) is 20.6. The zero-order valence-electron chi connectivity index (χ0n) is 12.4. The Hall–Kier alpha value is -1.36. The molecule has 112 valence electrons. The van der Waals surface area contributed by atoms with Crippen LogP contribution in [0, 0.1) is 5.92 Å². The van der Waals surface area contributed by atoms with Crippen molar-refractivity contribution in [2.24, 2.45) is 5.92 Å². The Labute approximate surface area is 120 Å². The molecule has 0 amide bonds. The Morgan fingerprint density at radius 2 is 2.20 bits per heavy atom. The van der Waals surface area contributed by atoms with E-state index < -0.39 is 12.0 Å². The van der Waals surface area contributed by atoms with Gasteiger partial charge in [0, 0.05) is 24.4 Å². The van der Waals surface area contributed by atoms with Gasteiger partial charge in [-0.1, -0.05) is 19.3 Å². The van der Waals surface area contributed by atoms with E-state index in [0.717, 1.165) is 5.69 Å². The summed E-state index contributed by atoms with van der Waals surface area (Å²) in [6.45, 7) is 2.17. The average Bonchev–Trinajstić information content (AvgIpc) is 2.97. The van der Waals surface area contributed by atoms with Crippen LogP contribution in [0.5, 0.6) is 0 Å². The lowest BCUT2D eigenvalue weighted by Gasteiger charge is -2.37. The predicted octanol–water partition coefficient (Wildman–Crippen LogP) is 2.31. The molecule has 1 aromatic heterocycles. The number of aromatic nitrogens is 2. The van der Waals surface area contributed by atoms with Crippen molar-refractivity contribution in [3.63, 3.8) is 0 Å². The molecule has 2 N–H and O–H groups in total. The molecule has 1 saturated carbocycles. The quantitative estimate of drug-likeness (QED) is 0.838. The maximum Gasteiger partial charge on any atom is 0.321 e. The van der Waals surface area contributed by atoms with Crippen molar-refractivity contribution in [1.82, 2.24) is 14.9 Å². The van der Waals surface area contributed by atoms with Gasteiger partial charge in [0.2, 0.25) is 0 Å². The SMILES string of the molecule is CC(C1CCCCC1)N(C)[C@@H](Cc1cnc[nH]1)C(=O)O. The fourth-order valence-corrected chi connectivity index (χ4v) is 3.24. The summed E-state index contributed by atoms with van der Waals surface area (Å²) in [5, 5.41) is 9.51. The third-order valence-electron chi connectivity index (χ3n) is 4.72. The van der Waals surface area contributed by atoms with E-state index in [1.165, 1.54) is 32.1 Å². The highest BCUT2D eigenvalue weighted by Gasteiger charge is 2.31. The molecule has 1 aromatic rings. The molecule has 1 unspecified atom stereocenters. The second kappa shape index (κ2) is 6.88. The van der Waals surface area contributed by atoms with Gasteiger partial charge in [-0.3, -0.25) is 9.69 Å². The largest absolute Gasteiger partial charge is 0.480 e. The number of carboxylic acids is 1. The Balaban J connectivity index is 2.01. The molecule has 2 atom stereocenters. The van der Waals surface area contributed by atoms with Crippen molar-refractivity contribution in [1.29, 1.82) is 0 Å². The van der Waals surface area contributed by atoms with Crippen LogP contribution in [0.4, 0.5) is 0 Å². The van der Waals surface area contributed by atoms with Crippen LogP contribution in [-0.2, 0) is 11.2 Å². The molecule has 5 heteroatoms. The van der Waals surface area contributed by atoms with E-state index in [-0.39, 0.29) is 0 Å². The molecule has 1 fully saturated rings. The van der Waals surface area contributed by atoms with Crippen molar-refractivity contribution >= 4 is 5.97 Å². The Morgan fingerprint density at radius 3 is 2.75 bits per heavy atom. The number of nitrogens with zero attached hydrogens (tertiary/aromatic N) is 2. The molecule has 5 nitrogen and oxygen atoms in total. The van der Waals surface area contributed by atoms with Crippen LogP contribution in [0.3, 0.4) is 0 Å². The first kappa shape index (κ1) is 15.0. The van der Waals surface area contributed by atoms with E-state index in [1.807, 2.05) is 11.9 Å². The number of carboxylic acid groups (broad SMARTS) is 1.